The lowest BCUT2D eigenvalue weighted by atomic mass is 10.1. The second kappa shape index (κ2) is 6.37. The highest BCUT2D eigenvalue weighted by molar-refractivity contribution is 9.10. The van der Waals surface area contributed by atoms with Crippen molar-refractivity contribution in [1.29, 1.82) is 0 Å². The Kier molecular flexibility index (Phi) is 4.80. The van der Waals surface area contributed by atoms with Crippen molar-refractivity contribution in [3.05, 3.63) is 57.3 Å². The van der Waals surface area contributed by atoms with Crippen molar-refractivity contribution in [2.24, 2.45) is 0 Å². The lowest BCUT2D eigenvalue weighted by Crippen LogP contribution is -2.02. The van der Waals surface area contributed by atoms with Gasteiger partial charge in [0.05, 0.1) is 11.8 Å². The summed E-state index contributed by atoms with van der Waals surface area (Å²) in [5.41, 5.74) is 1.49. The van der Waals surface area contributed by atoms with Crippen molar-refractivity contribution in [3.63, 3.8) is 0 Å². The van der Waals surface area contributed by atoms with Crippen LogP contribution in [0.2, 0.25) is 5.02 Å². The second-order valence-corrected chi connectivity index (χ2v) is 5.47. The fourth-order valence-corrected chi connectivity index (χ4v) is 2.04. The number of hydrogen-bond donors (Lipinski definition) is 1. The van der Waals surface area contributed by atoms with Crippen molar-refractivity contribution < 1.29 is 9.84 Å². The Morgan fingerprint density at radius 2 is 2.16 bits per heavy atom. The van der Waals surface area contributed by atoms with Crippen LogP contribution in [-0.4, -0.2) is 10.1 Å². The first-order valence-electron chi connectivity index (χ1n) is 5.77. The Morgan fingerprint density at radius 3 is 2.79 bits per heavy atom. The van der Waals surface area contributed by atoms with E-state index in [0.29, 0.717) is 22.9 Å². The van der Waals surface area contributed by atoms with Crippen LogP contribution >= 0.6 is 27.5 Å². The molecule has 1 atom stereocenters. The van der Waals surface area contributed by atoms with Crippen LogP contribution in [0.15, 0.2) is 41.0 Å². The fourth-order valence-electron chi connectivity index (χ4n) is 1.62. The SMILES string of the molecule is C[C@@H](O)c1cc(Cl)ccc1OCc1ccc(Br)cn1. The van der Waals surface area contributed by atoms with Crippen molar-refractivity contribution >= 4 is 27.5 Å². The van der Waals surface area contributed by atoms with Crippen LogP contribution in [0.3, 0.4) is 0 Å². The first kappa shape index (κ1) is 14.3. The van der Waals surface area contributed by atoms with Crippen LogP contribution < -0.4 is 4.74 Å². The number of pyridine rings is 1. The van der Waals surface area contributed by atoms with Crippen molar-refractivity contribution in [1.82, 2.24) is 4.98 Å². The van der Waals surface area contributed by atoms with Gasteiger partial charge in [-0.2, -0.15) is 0 Å². The number of benzene rings is 1. The molecule has 1 aromatic carbocycles. The highest BCUT2D eigenvalue weighted by Gasteiger charge is 2.10. The van der Waals surface area contributed by atoms with Crippen LogP contribution in [-0.2, 0) is 6.61 Å². The van der Waals surface area contributed by atoms with Crippen LogP contribution in [0.4, 0.5) is 0 Å². The summed E-state index contributed by atoms with van der Waals surface area (Å²) in [6.07, 6.45) is 1.09. The molecule has 0 aliphatic heterocycles. The van der Waals surface area contributed by atoms with Gasteiger partial charge in [0.15, 0.2) is 0 Å². The standard InChI is InChI=1S/C14H13BrClNO2/c1-9(18)13-6-11(16)3-5-14(13)19-8-12-4-2-10(15)7-17-12/h2-7,9,18H,8H2,1H3/t9-/m1/s1. The summed E-state index contributed by atoms with van der Waals surface area (Å²) in [5.74, 6) is 0.615. The van der Waals surface area contributed by atoms with E-state index < -0.39 is 6.10 Å². The Bertz CT molecular complexity index is 558. The maximum Gasteiger partial charge on any atom is 0.130 e. The van der Waals surface area contributed by atoms with Crippen LogP contribution in [0.5, 0.6) is 5.75 Å². The molecule has 0 saturated carbocycles. The first-order chi connectivity index (χ1) is 9.06. The molecule has 0 unspecified atom stereocenters. The Labute approximate surface area is 125 Å². The molecule has 0 saturated heterocycles. The minimum atomic E-state index is -0.633. The minimum Gasteiger partial charge on any atom is -0.487 e. The van der Waals surface area contributed by atoms with Crippen LogP contribution in [0, 0.1) is 0 Å². The average Bonchev–Trinajstić information content (AvgIpc) is 2.39. The Hall–Kier alpha value is -1.10. The van der Waals surface area contributed by atoms with Gasteiger partial charge in [-0.15, -0.1) is 0 Å². The third kappa shape index (κ3) is 3.93. The van der Waals surface area contributed by atoms with Crippen molar-refractivity contribution in [2.45, 2.75) is 19.6 Å². The molecule has 100 valence electrons. The Balaban J connectivity index is 2.13. The minimum absolute atomic E-state index is 0.342. The van der Waals surface area contributed by atoms with Gasteiger partial charge in [0, 0.05) is 21.3 Å². The van der Waals surface area contributed by atoms with Crippen LogP contribution in [0.1, 0.15) is 24.3 Å². The molecule has 0 radical (unpaired) electrons. The third-order valence-corrected chi connectivity index (χ3v) is 3.29. The summed E-state index contributed by atoms with van der Waals surface area (Å²) >= 11 is 9.24. The second-order valence-electron chi connectivity index (χ2n) is 4.11. The number of halogens is 2. The summed E-state index contributed by atoms with van der Waals surface area (Å²) in [5, 5.41) is 10.3. The zero-order valence-corrected chi connectivity index (χ0v) is 12.6. The van der Waals surface area contributed by atoms with Gasteiger partial charge in [0.2, 0.25) is 0 Å². The number of aromatic nitrogens is 1. The molecule has 0 amide bonds. The molecule has 5 heteroatoms. The normalized spacial score (nSPS) is 12.2. The molecular formula is C14H13BrClNO2. The zero-order chi connectivity index (χ0) is 13.8. The average molecular weight is 343 g/mol. The van der Waals surface area contributed by atoms with Gasteiger partial charge in [-0.25, -0.2) is 0 Å². The van der Waals surface area contributed by atoms with Gasteiger partial charge in [-0.3, -0.25) is 4.98 Å². The molecule has 3 nitrogen and oxygen atoms in total. The number of hydrogen-bond acceptors (Lipinski definition) is 3. The van der Waals surface area contributed by atoms with E-state index in [4.69, 9.17) is 16.3 Å². The van der Waals surface area contributed by atoms with Crippen molar-refractivity contribution in [2.75, 3.05) is 0 Å². The Morgan fingerprint density at radius 1 is 1.37 bits per heavy atom. The number of aliphatic hydroxyl groups is 1. The molecule has 1 N–H and O–H groups in total. The van der Waals surface area contributed by atoms with Gasteiger partial charge < -0.3 is 9.84 Å². The summed E-state index contributed by atoms with van der Waals surface area (Å²) in [7, 11) is 0. The smallest absolute Gasteiger partial charge is 0.130 e. The van der Waals surface area contributed by atoms with Gasteiger partial charge >= 0.3 is 0 Å². The summed E-state index contributed by atoms with van der Waals surface area (Å²) in [4.78, 5) is 4.22. The van der Waals surface area contributed by atoms with Gasteiger partial charge in [-0.05, 0) is 53.2 Å². The van der Waals surface area contributed by atoms with E-state index in [1.165, 1.54) is 0 Å². The molecule has 0 spiro atoms. The maximum absolute atomic E-state index is 9.70. The largest absolute Gasteiger partial charge is 0.487 e. The van der Waals surface area contributed by atoms with E-state index in [2.05, 4.69) is 20.9 Å². The summed E-state index contributed by atoms with van der Waals surface area (Å²) in [6.45, 7) is 2.02. The van der Waals surface area contributed by atoms with E-state index >= 15 is 0 Å². The molecule has 0 bridgehead atoms. The zero-order valence-electron chi connectivity index (χ0n) is 10.3. The number of rotatable bonds is 4. The van der Waals surface area contributed by atoms with Gasteiger partial charge in [0.1, 0.15) is 12.4 Å². The highest BCUT2D eigenvalue weighted by atomic mass is 79.9. The molecular weight excluding hydrogens is 330 g/mol. The lowest BCUT2D eigenvalue weighted by molar-refractivity contribution is 0.190. The molecule has 2 aromatic rings. The van der Waals surface area contributed by atoms with Crippen molar-refractivity contribution in [3.8, 4) is 5.75 Å². The first-order valence-corrected chi connectivity index (χ1v) is 6.94. The fraction of sp³-hybridized carbons (Fsp3) is 0.214. The number of aliphatic hydroxyl groups excluding tert-OH is 1. The predicted octanol–water partition coefficient (Wildman–Crippen LogP) is 4.13. The molecule has 1 aromatic heterocycles. The molecule has 0 aliphatic rings. The van der Waals surface area contributed by atoms with Gasteiger partial charge in [0.25, 0.3) is 0 Å². The van der Waals surface area contributed by atoms with E-state index in [0.717, 1.165) is 10.2 Å². The van der Waals surface area contributed by atoms with E-state index in [1.807, 2.05) is 12.1 Å². The summed E-state index contributed by atoms with van der Waals surface area (Å²) in [6, 6.07) is 8.97. The van der Waals surface area contributed by atoms with E-state index in [-0.39, 0.29) is 0 Å². The highest BCUT2D eigenvalue weighted by Crippen LogP contribution is 2.28. The molecule has 2 rings (SSSR count). The van der Waals surface area contributed by atoms with Crippen LogP contribution in [0.25, 0.3) is 0 Å². The maximum atomic E-state index is 9.70. The van der Waals surface area contributed by atoms with E-state index in [9.17, 15) is 5.11 Å². The third-order valence-electron chi connectivity index (χ3n) is 2.59. The molecule has 1 heterocycles. The topological polar surface area (TPSA) is 42.4 Å². The molecule has 19 heavy (non-hydrogen) atoms. The molecule has 0 fully saturated rings. The monoisotopic (exact) mass is 341 g/mol. The number of nitrogens with zero attached hydrogens (tertiary/aromatic N) is 1. The lowest BCUT2D eigenvalue weighted by Gasteiger charge is -2.13. The van der Waals surface area contributed by atoms with E-state index in [1.54, 1.807) is 31.3 Å². The van der Waals surface area contributed by atoms with Gasteiger partial charge in [-0.1, -0.05) is 11.6 Å². The predicted molar refractivity (Wildman–Crippen MR) is 78.4 cm³/mol. The molecule has 0 aliphatic carbocycles. The summed E-state index contributed by atoms with van der Waals surface area (Å²) < 4.78 is 6.61. The quantitative estimate of drug-likeness (QED) is 0.908. The number of ether oxygens (including phenoxy) is 1.